The molecule has 0 bridgehead atoms. The van der Waals surface area contributed by atoms with Crippen molar-refractivity contribution in [3.05, 3.63) is 29.8 Å². The summed E-state index contributed by atoms with van der Waals surface area (Å²) in [6, 6.07) is 3.18. The summed E-state index contributed by atoms with van der Waals surface area (Å²) in [6.45, 7) is 6.33. The van der Waals surface area contributed by atoms with Crippen LogP contribution in [0.2, 0.25) is 0 Å². The number of morpholine rings is 1. The molecule has 3 rings (SSSR count). The van der Waals surface area contributed by atoms with Crippen LogP contribution >= 0.6 is 0 Å². The fraction of sp³-hybridized carbons (Fsp3) is 0.688. The van der Waals surface area contributed by atoms with Gasteiger partial charge in [-0.25, -0.2) is 4.39 Å². The Bertz CT molecular complexity index is 462. The molecule has 2 aliphatic rings. The van der Waals surface area contributed by atoms with E-state index in [4.69, 9.17) is 4.74 Å². The second-order valence-corrected chi connectivity index (χ2v) is 6.99. The molecule has 1 aromatic rings. The number of ether oxygens (including phenoxy) is 1. The lowest BCUT2D eigenvalue weighted by Gasteiger charge is -2.47. The summed E-state index contributed by atoms with van der Waals surface area (Å²) in [7, 11) is 0. The van der Waals surface area contributed by atoms with Gasteiger partial charge in [0.2, 0.25) is 0 Å². The highest BCUT2D eigenvalue weighted by Gasteiger charge is 2.43. The summed E-state index contributed by atoms with van der Waals surface area (Å²) in [5, 5.41) is 3.48. The summed E-state index contributed by atoms with van der Waals surface area (Å²) in [5.74, 6) is -0.299. The van der Waals surface area contributed by atoms with E-state index in [9.17, 15) is 4.39 Å². The van der Waals surface area contributed by atoms with E-state index in [1.807, 2.05) is 0 Å². The molecule has 20 heavy (non-hydrogen) atoms. The molecule has 4 heteroatoms. The van der Waals surface area contributed by atoms with Gasteiger partial charge in [-0.3, -0.25) is 4.98 Å². The van der Waals surface area contributed by atoms with E-state index >= 15 is 0 Å². The predicted molar refractivity (Wildman–Crippen MR) is 75.9 cm³/mol. The molecular weight excluding hydrogens is 255 g/mol. The Morgan fingerprint density at radius 1 is 1.25 bits per heavy atom. The molecule has 0 radical (unpaired) electrons. The molecular formula is C16H23FN2O. The first-order chi connectivity index (χ1) is 9.48. The molecule has 1 aliphatic carbocycles. The van der Waals surface area contributed by atoms with Crippen molar-refractivity contribution < 1.29 is 9.13 Å². The third-order valence-electron chi connectivity index (χ3n) is 4.76. The van der Waals surface area contributed by atoms with E-state index in [1.54, 1.807) is 6.07 Å². The SMILES string of the molecule is CC1(C)CCC2(CC1)CNCC(c1ccc(F)cn1)O2. The van der Waals surface area contributed by atoms with Gasteiger partial charge in [-0.1, -0.05) is 13.8 Å². The molecule has 2 fully saturated rings. The van der Waals surface area contributed by atoms with E-state index in [1.165, 1.54) is 25.1 Å². The quantitative estimate of drug-likeness (QED) is 0.856. The third-order valence-corrected chi connectivity index (χ3v) is 4.76. The molecule has 1 aromatic heterocycles. The maximum Gasteiger partial charge on any atom is 0.141 e. The Morgan fingerprint density at radius 3 is 2.65 bits per heavy atom. The normalized spacial score (nSPS) is 28.4. The number of hydrogen-bond donors (Lipinski definition) is 1. The van der Waals surface area contributed by atoms with E-state index in [0.29, 0.717) is 5.41 Å². The summed E-state index contributed by atoms with van der Waals surface area (Å²) in [6.07, 6.45) is 5.76. The van der Waals surface area contributed by atoms with Crippen molar-refractivity contribution in [1.29, 1.82) is 0 Å². The molecule has 1 saturated heterocycles. The molecule has 0 aromatic carbocycles. The average Bonchev–Trinajstić information content (AvgIpc) is 2.44. The molecule has 1 unspecified atom stereocenters. The minimum absolute atomic E-state index is 0.0610. The number of rotatable bonds is 1. The van der Waals surface area contributed by atoms with Crippen molar-refractivity contribution in [1.82, 2.24) is 10.3 Å². The van der Waals surface area contributed by atoms with Gasteiger partial charge in [0.15, 0.2) is 0 Å². The van der Waals surface area contributed by atoms with Crippen LogP contribution in [0, 0.1) is 11.2 Å². The van der Waals surface area contributed by atoms with Crippen molar-refractivity contribution >= 4 is 0 Å². The van der Waals surface area contributed by atoms with Gasteiger partial charge in [-0.05, 0) is 43.2 Å². The molecule has 1 spiro atoms. The predicted octanol–water partition coefficient (Wildman–Crippen LogP) is 3.22. The lowest BCUT2D eigenvalue weighted by Crippen LogP contribution is -2.53. The fourth-order valence-electron chi connectivity index (χ4n) is 3.24. The maximum absolute atomic E-state index is 13.0. The van der Waals surface area contributed by atoms with Crippen LogP contribution in [-0.2, 0) is 4.74 Å². The zero-order valence-corrected chi connectivity index (χ0v) is 12.3. The van der Waals surface area contributed by atoms with Gasteiger partial charge in [0.1, 0.15) is 11.9 Å². The zero-order chi connectivity index (χ0) is 14.2. The van der Waals surface area contributed by atoms with Gasteiger partial charge in [-0.15, -0.1) is 0 Å². The van der Waals surface area contributed by atoms with Gasteiger partial charge >= 0.3 is 0 Å². The fourth-order valence-corrected chi connectivity index (χ4v) is 3.24. The number of halogens is 1. The molecule has 0 amide bonds. The van der Waals surface area contributed by atoms with Gasteiger partial charge in [0.05, 0.1) is 17.5 Å². The monoisotopic (exact) mass is 278 g/mol. The molecule has 3 nitrogen and oxygen atoms in total. The van der Waals surface area contributed by atoms with E-state index in [-0.39, 0.29) is 17.5 Å². The summed E-state index contributed by atoms with van der Waals surface area (Å²) in [5.41, 5.74) is 1.19. The molecule has 1 atom stereocenters. The van der Waals surface area contributed by atoms with Gasteiger partial charge in [-0.2, -0.15) is 0 Å². The molecule has 1 aliphatic heterocycles. The van der Waals surface area contributed by atoms with Gasteiger partial charge in [0, 0.05) is 13.1 Å². The Hall–Kier alpha value is -1.00. The van der Waals surface area contributed by atoms with Crippen molar-refractivity contribution in [3.63, 3.8) is 0 Å². The lowest BCUT2D eigenvalue weighted by molar-refractivity contribution is -0.148. The second-order valence-electron chi connectivity index (χ2n) is 6.99. The largest absolute Gasteiger partial charge is 0.363 e. The van der Waals surface area contributed by atoms with Crippen LogP contribution in [0.5, 0.6) is 0 Å². The summed E-state index contributed by atoms with van der Waals surface area (Å²) >= 11 is 0. The van der Waals surface area contributed by atoms with E-state index in [2.05, 4.69) is 24.1 Å². The van der Waals surface area contributed by atoms with E-state index < -0.39 is 0 Å². The number of hydrogen-bond acceptors (Lipinski definition) is 3. The van der Waals surface area contributed by atoms with Crippen molar-refractivity contribution in [2.75, 3.05) is 13.1 Å². The van der Waals surface area contributed by atoms with Crippen molar-refractivity contribution in [2.24, 2.45) is 5.41 Å². The number of pyridine rings is 1. The standard InChI is InChI=1S/C16H23FN2O/c1-15(2)5-7-16(8-6-15)11-18-10-14(20-16)13-4-3-12(17)9-19-13/h3-4,9,14,18H,5-8,10-11H2,1-2H3. The van der Waals surface area contributed by atoms with Crippen LogP contribution < -0.4 is 5.32 Å². The highest BCUT2D eigenvalue weighted by Crippen LogP contribution is 2.44. The van der Waals surface area contributed by atoms with Crippen LogP contribution in [0.1, 0.15) is 51.3 Å². The van der Waals surface area contributed by atoms with Crippen LogP contribution in [0.3, 0.4) is 0 Å². The number of nitrogens with one attached hydrogen (secondary N) is 1. The Labute approximate surface area is 119 Å². The first kappa shape index (κ1) is 14.0. The average molecular weight is 278 g/mol. The molecule has 1 N–H and O–H groups in total. The number of nitrogens with zero attached hydrogens (tertiary/aromatic N) is 1. The number of aromatic nitrogens is 1. The highest BCUT2D eigenvalue weighted by atomic mass is 19.1. The topological polar surface area (TPSA) is 34.2 Å². The van der Waals surface area contributed by atoms with Crippen LogP contribution in [-0.4, -0.2) is 23.7 Å². The van der Waals surface area contributed by atoms with Crippen LogP contribution in [0.25, 0.3) is 0 Å². The Morgan fingerprint density at radius 2 is 2.00 bits per heavy atom. The summed E-state index contributed by atoms with van der Waals surface area (Å²) in [4.78, 5) is 4.17. The van der Waals surface area contributed by atoms with Crippen LogP contribution in [0.15, 0.2) is 18.3 Å². The lowest BCUT2D eigenvalue weighted by atomic mass is 9.70. The summed E-state index contributed by atoms with van der Waals surface area (Å²) < 4.78 is 19.4. The van der Waals surface area contributed by atoms with Gasteiger partial charge < -0.3 is 10.1 Å². The molecule has 110 valence electrons. The molecule has 2 heterocycles. The Kier molecular flexibility index (Phi) is 3.55. The first-order valence-corrected chi connectivity index (χ1v) is 7.48. The first-order valence-electron chi connectivity index (χ1n) is 7.48. The minimum Gasteiger partial charge on any atom is -0.363 e. The smallest absolute Gasteiger partial charge is 0.141 e. The zero-order valence-electron chi connectivity index (χ0n) is 12.3. The minimum atomic E-state index is -0.299. The molecule has 1 saturated carbocycles. The van der Waals surface area contributed by atoms with Crippen molar-refractivity contribution in [2.45, 2.75) is 51.2 Å². The van der Waals surface area contributed by atoms with Gasteiger partial charge in [0.25, 0.3) is 0 Å². The second kappa shape index (κ2) is 5.08. The maximum atomic E-state index is 13.0. The third kappa shape index (κ3) is 2.86. The van der Waals surface area contributed by atoms with Crippen molar-refractivity contribution in [3.8, 4) is 0 Å². The van der Waals surface area contributed by atoms with Crippen LogP contribution in [0.4, 0.5) is 4.39 Å². The van der Waals surface area contributed by atoms with E-state index in [0.717, 1.165) is 31.6 Å². The highest BCUT2D eigenvalue weighted by molar-refractivity contribution is 5.11. The Balaban J connectivity index is 1.72.